The Kier molecular flexibility index (Phi) is 8.36. The summed E-state index contributed by atoms with van der Waals surface area (Å²) < 4.78 is 16.0. The van der Waals surface area contributed by atoms with Crippen LogP contribution in [-0.4, -0.2) is 68.9 Å². The van der Waals surface area contributed by atoms with E-state index in [0.717, 1.165) is 0 Å². The Morgan fingerprint density at radius 3 is 2.61 bits per heavy atom. The molecule has 174 valence electrons. The lowest BCUT2D eigenvalue weighted by Gasteiger charge is -2.27. The fourth-order valence-corrected chi connectivity index (χ4v) is 3.18. The van der Waals surface area contributed by atoms with Crippen molar-refractivity contribution in [2.45, 2.75) is 6.92 Å². The highest BCUT2D eigenvalue weighted by atomic mass is 16.5. The van der Waals surface area contributed by atoms with Gasteiger partial charge in [-0.1, -0.05) is 12.1 Å². The largest absolute Gasteiger partial charge is 0.496 e. The van der Waals surface area contributed by atoms with Crippen LogP contribution in [-0.2, 0) is 14.3 Å². The third kappa shape index (κ3) is 6.30. The molecular weight excluding hydrogens is 428 g/mol. The van der Waals surface area contributed by atoms with Gasteiger partial charge >= 0.3 is 11.8 Å². The summed E-state index contributed by atoms with van der Waals surface area (Å²) in [5.74, 6) is -1.04. The molecule has 2 aromatic carbocycles. The number of nitrogens with one attached hydrogen (secondary N) is 2. The first-order valence-electron chi connectivity index (χ1n) is 10.4. The number of amides is 3. The smallest absolute Gasteiger partial charge is 0.329 e. The van der Waals surface area contributed by atoms with Crippen LogP contribution in [0.1, 0.15) is 22.8 Å². The Labute approximate surface area is 191 Å². The van der Waals surface area contributed by atoms with Gasteiger partial charge in [0.05, 0.1) is 44.4 Å². The Morgan fingerprint density at radius 2 is 1.88 bits per heavy atom. The predicted molar refractivity (Wildman–Crippen MR) is 122 cm³/mol. The van der Waals surface area contributed by atoms with E-state index in [-0.39, 0.29) is 11.6 Å². The highest BCUT2D eigenvalue weighted by Gasteiger charge is 2.22. The number of anilines is 1. The minimum absolute atomic E-state index is 0.240. The predicted octanol–water partition coefficient (Wildman–Crippen LogP) is 1.66. The number of carbonyl (C=O) groups is 3. The molecule has 33 heavy (non-hydrogen) atoms. The zero-order valence-electron chi connectivity index (χ0n) is 18.5. The summed E-state index contributed by atoms with van der Waals surface area (Å²) in [6, 6.07) is 11.7. The van der Waals surface area contributed by atoms with Crippen LogP contribution in [0.5, 0.6) is 11.5 Å². The highest BCUT2D eigenvalue weighted by Crippen LogP contribution is 2.22. The van der Waals surface area contributed by atoms with Gasteiger partial charge in [-0.25, -0.2) is 5.43 Å². The quantitative estimate of drug-likeness (QED) is 0.373. The van der Waals surface area contributed by atoms with Crippen LogP contribution in [0.25, 0.3) is 0 Å². The zero-order chi connectivity index (χ0) is 23.6. The number of nitrogens with zero attached hydrogens (tertiary/aromatic N) is 2. The van der Waals surface area contributed by atoms with Crippen molar-refractivity contribution in [3.05, 3.63) is 53.6 Å². The van der Waals surface area contributed by atoms with Gasteiger partial charge in [-0.3, -0.25) is 14.4 Å². The molecule has 1 fully saturated rings. The second-order valence-corrected chi connectivity index (χ2v) is 6.94. The maximum atomic E-state index is 12.8. The van der Waals surface area contributed by atoms with E-state index in [0.29, 0.717) is 55.5 Å². The molecule has 10 nitrogen and oxygen atoms in total. The number of carbonyl (C=O) groups excluding carboxylic acids is 3. The van der Waals surface area contributed by atoms with Crippen molar-refractivity contribution < 1.29 is 28.6 Å². The molecule has 0 aliphatic carbocycles. The maximum Gasteiger partial charge on any atom is 0.329 e. The number of hydrogen-bond donors (Lipinski definition) is 2. The first kappa shape index (κ1) is 23.7. The topological polar surface area (TPSA) is 119 Å². The minimum Gasteiger partial charge on any atom is -0.496 e. The summed E-state index contributed by atoms with van der Waals surface area (Å²) in [5, 5.41) is 6.31. The van der Waals surface area contributed by atoms with Crippen molar-refractivity contribution in [2.24, 2.45) is 5.10 Å². The van der Waals surface area contributed by atoms with Crippen LogP contribution in [0.4, 0.5) is 5.69 Å². The number of hydrazone groups is 1. The van der Waals surface area contributed by atoms with E-state index in [9.17, 15) is 14.4 Å². The highest BCUT2D eigenvalue weighted by molar-refractivity contribution is 6.40. The van der Waals surface area contributed by atoms with Crippen molar-refractivity contribution >= 4 is 29.6 Å². The molecular formula is C23H26N4O6. The second-order valence-electron chi connectivity index (χ2n) is 6.94. The van der Waals surface area contributed by atoms with E-state index in [4.69, 9.17) is 14.2 Å². The van der Waals surface area contributed by atoms with E-state index < -0.39 is 11.8 Å². The molecule has 3 amide bonds. The van der Waals surface area contributed by atoms with Crippen molar-refractivity contribution in [3.63, 3.8) is 0 Å². The van der Waals surface area contributed by atoms with Crippen LogP contribution in [0, 0.1) is 0 Å². The number of benzene rings is 2. The molecule has 0 atom stereocenters. The summed E-state index contributed by atoms with van der Waals surface area (Å²) in [6.45, 7) is 4.20. The van der Waals surface area contributed by atoms with Crippen LogP contribution >= 0.6 is 0 Å². The van der Waals surface area contributed by atoms with E-state index >= 15 is 0 Å². The molecule has 0 aromatic heterocycles. The molecule has 1 aliphatic rings. The number of methoxy groups -OCH3 is 1. The van der Waals surface area contributed by atoms with E-state index in [2.05, 4.69) is 15.8 Å². The van der Waals surface area contributed by atoms with Gasteiger partial charge in [0.15, 0.2) is 0 Å². The van der Waals surface area contributed by atoms with Gasteiger partial charge in [0.25, 0.3) is 5.91 Å². The average Bonchev–Trinajstić information content (AvgIpc) is 2.85. The molecule has 10 heteroatoms. The minimum atomic E-state index is -0.986. The van der Waals surface area contributed by atoms with Gasteiger partial charge in [0.2, 0.25) is 0 Å². The lowest BCUT2D eigenvalue weighted by molar-refractivity contribution is -0.136. The molecule has 1 heterocycles. The summed E-state index contributed by atoms with van der Waals surface area (Å²) in [7, 11) is 1.51. The molecule has 0 spiro atoms. The third-order valence-corrected chi connectivity index (χ3v) is 4.79. The molecule has 1 saturated heterocycles. The van der Waals surface area contributed by atoms with Crippen molar-refractivity contribution in [1.29, 1.82) is 0 Å². The maximum absolute atomic E-state index is 12.8. The van der Waals surface area contributed by atoms with Gasteiger partial charge in [0.1, 0.15) is 11.5 Å². The Hall–Kier alpha value is -3.92. The fraction of sp³-hybridized carbons (Fsp3) is 0.304. The number of para-hydroxylation sites is 1. The van der Waals surface area contributed by atoms with E-state index in [1.165, 1.54) is 13.3 Å². The summed E-state index contributed by atoms with van der Waals surface area (Å²) >= 11 is 0. The van der Waals surface area contributed by atoms with Gasteiger partial charge in [-0.2, -0.15) is 5.10 Å². The Balaban J connectivity index is 1.64. The van der Waals surface area contributed by atoms with Crippen molar-refractivity contribution in [2.75, 3.05) is 45.3 Å². The summed E-state index contributed by atoms with van der Waals surface area (Å²) in [6.07, 6.45) is 1.35. The molecule has 0 radical (unpaired) electrons. The van der Waals surface area contributed by atoms with Crippen molar-refractivity contribution in [1.82, 2.24) is 10.3 Å². The molecule has 1 aliphatic heterocycles. The Morgan fingerprint density at radius 1 is 1.12 bits per heavy atom. The van der Waals surface area contributed by atoms with Crippen LogP contribution in [0.15, 0.2) is 47.6 Å². The lowest BCUT2D eigenvalue weighted by atomic mass is 10.1. The molecule has 0 unspecified atom stereocenters. The lowest BCUT2D eigenvalue weighted by Crippen LogP contribution is -2.41. The number of morpholine rings is 1. The van der Waals surface area contributed by atoms with Crippen molar-refractivity contribution in [3.8, 4) is 11.5 Å². The number of hydrogen-bond acceptors (Lipinski definition) is 7. The summed E-state index contributed by atoms with van der Waals surface area (Å²) in [5.41, 5.74) is 3.27. The van der Waals surface area contributed by atoms with Crippen LogP contribution in [0.2, 0.25) is 0 Å². The van der Waals surface area contributed by atoms with Gasteiger partial charge in [0, 0.05) is 18.7 Å². The zero-order valence-corrected chi connectivity index (χ0v) is 18.5. The molecule has 0 saturated carbocycles. The number of ether oxygens (including phenoxy) is 3. The first-order valence-corrected chi connectivity index (χ1v) is 10.4. The Bertz CT molecular complexity index is 1030. The second kappa shape index (κ2) is 11.6. The molecule has 0 bridgehead atoms. The third-order valence-electron chi connectivity index (χ3n) is 4.79. The van der Waals surface area contributed by atoms with Gasteiger partial charge < -0.3 is 24.4 Å². The molecule has 2 N–H and O–H groups in total. The fourth-order valence-electron chi connectivity index (χ4n) is 3.18. The normalized spacial score (nSPS) is 13.5. The van der Waals surface area contributed by atoms with Crippen LogP contribution < -0.4 is 20.2 Å². The van der Waals surface area contributed by atoms with E-state index in [1.54, 1.807) is 47.4 Å². The van der Waals surface area contributed by atoms with Gasteiger partial charge in [-0.05, 0) is 37.3 Å². The molecule has 2 aromatic rings. The monoisotopic (exact) mass is 454 g/mol. The van der Waals surface area contributed by atoms with Gasteiger partial charge in [-0.15, -0.1) is 0 Å². The average molecular weight is 454 g/mol. The first-order chi connectivity index (χ1) is 16.0. The summed E-state index contributed by atoms with van der Waals surface area (Å²) in [4.78, 5) is 39.1. The molecule has 3 rings (SSSR count). The van der Waals surface area contributed by atoms with Crippen LogP contribution in [0.3, 0.4) is 0 Å². The van der Waals surface area contributed by atoms with E-state index in [1.807, 2.05) is 6.92 Å². The standard InChI is InChI=1S/C23H26N4O6/c1-3-33-17-8-9-20(31-2)16(14-17)15-24-26-22(29)21(28)25-19-7-5-4-6-18(19)23(30)27-10-12-32-13-11-27/h4-9,14-15H,3,10-13H2,1-2H3,(H,25,28)(H,26,29). The SMILES string of the molecule is CCOc1ccc(OC)c(C=NNC(=O)C(=O)Nc2ccccc2C(=O)N2CCOCC2)c1. The number of rotatable bonds is 7.